The van der Waals surface area contributed by atoms with Crippen molar-refractivity contribution in [1.82, 2.24) is 9.62 Å². The summed E-state index contributed by atoms with van der Waals surface area (Å²) in [6, 6.07) is 9.88. The maximum atomic E-state index is 12.5. The van der Waals surface area contributed by atoms with Crippen molar-refractivity contribution in [3.05, 3.63) is 35.9 Å². The maximum Gasteiger partial charge on any atom is 0.223 e. The Kier molecular flexibility index (Phi) is 8.06. The molecule has 1 fully saturated rings. The fraction of sp³-hybridized carbons (Fsp3) is 0.632. The third-order valence-electron chi connectivity index (χ3n) is 4.73. The Morgan fingerprint density at radius 3 is 2.54 bits per heavy atom. The number of sulfonamides is 1. The first-order chi connectivity index (χ1) is 12.4. The minimum absolute atomic E-state index is 0.00400. The van der Waals surface area contributed by atoms with Gasteiger partial charge < -0.3 is 10.1 Å². The molecule has 26 heavy (non-hydrogen) atoms. The summed E-state index contributed by atoms with van der Waals surface area (Å²) >= 11 is 0. The predicted octanol–water partition coefficient (Wildman–Crippen LogP) is 1.81. The van der Waals surface area contributed by atoms with Gasteiger partial charge in [0.25, 0.3) is 0 Å². The van der Waals surface area contributed by atoms with E-state index in [2.05, 4.69) is 5.32 Å². The van der Waals surface area contributed by atoms with Crippen molar-refractivity contribution in [3.8, 4) is 0 Å². The van der Waals surface area contributed by atoms with Crippen LogP contribution in [0.1, 0.15) is 31.7 Å². The monoisotopic (exact) mass is 382 g/mol. The van der Waals surface area contributed by atoms with E-state index in [0.29, 0.717) is 39.0 Å². The zero-order valence-electron chi connectivity index (χ0n) is 15.7. The van der Waals surface area contributed by atoms with Gasteiger partial charge in [0.1, 0.15) is 0 Å². The Morgan fingerprint density at radius 2 is 1.92 bits per heavy atom. The number of nitrogens with one attached hydrogen (secondary N) is 1. The Labute approximate surface area is 157 Å². The van der Waals surface area contributed by atoms with Crippen molar-refractivity contribution in [1.29, 1.82) is 0 Å². The number of piperidine rings is 1. The number of nitrogens with zero attached hydrogens (tertiary/aromatic N) is 1. The van der Waals surface area contributed by atoms with Gasteiger partial charge in [0.15, 0.2) is 0 Å². The third kappa shape index (κ3) is 6.37. The smallest absolute Gasteiger partial charge is 0.223 e. The van der Waals surface area contributed by atoms with Gasteiger partial charge in [-0.1, -0.05) is 30.3 Å². The fourth-order valence-corrected chi connectivity index (χ4v) is 4.82. The molecule has 0 radical (unpaired) electrons. The first kappa shape index (κ1) is 20.9. The van der Waals surface area contributed by atoms with Gasteiger partial charge in [-0.05, 0) is 38.2 Å². The number of benzene rings is 1. The summed E-state index contributed by atoms with van der Waals surface area (Å²) in [4.78, 5) is 12.2. The van der Waals surface area contributed by atoms with Crippen molar-refractivity contribution >= 4 is 15.9 Å². The van der Waals surface area contributed by atoms with Crippen molar-refractivity contribution < 1.29 is 17.9 Å². The van der Waals surface area contributed by atoms with E-state index in [-0.39, 0.29) is 23.6 Å². The zero-order chi connectivity index (χ0) is 19.0. The van der Waals surface area contributed by atoms with E-state index in [1.807, 2.05) is 37.3 Å². The van der Waals surface area contributed by atoms with Gasteiger partial charge in [-0.15, -0.1) is 0 Å². The molecule has 1 aliphatic rings. The van der Waals surface area contributed by atoms with Crippen LogP contribution < -0.4 is 5.32 Å². The van der Waals surface area contributed by atoms with Crippen molar-refractivity contribution in [2.45, 2.75) is 38.6 Å². The molecule has 2 rings (SSSR count). The molecule has 1 N–H and O–H groups in total. The van der Waals surface area contributed by atoms with Gasteiger partial charge in [0.2, 0.25) is 15.9 Å². The molecule has 146 valence electrons. The summed E-state index contributed by atoms with van der Waals surface area (Å²) < 4.78 is 31.6. The Balaban J connectivity index is 1.76. The highest BCUT2D eigenvalue weighted by molar-refractivity contribution is 7.89. The molecule has 1 aromatic rings. The molecule has 0 spiro atoms. The number of ether oxygens (including phenoxy) is 1. The molecule has 0 bridgehead atoms. The highest BCUT2D eigenvalue weighted by Gasteiger charge is 2.31. The number of rotatable bonds is 9. The number of carbonyl (C=O) groups excluding carboxylic acids is 1. The highest BCUT2D eigenvalue weighted by atomic mass is 32.2. The van der Waals surface area contributed by atoms with Crippen LogP contribution in [0, 0.1) is 5.92 Å². The molecule has 1 atom stereocenters. The zero-order valence-corrected chi connectivity index (χ0v) is 16.5. The van der Waals surface area contributed by atoms with E-state index in [1.54, 1.807) is 11.4 Å². The largest absolute Gasteiger partial charge is 0.383 e. The molecular weight excluding hydrogens is 352 g/mol. The number of methoxy groups -OCH3 is 1. The average Bonchev–Trinajstić information content (AvgIpc) is 2.63. The normalized spacial score (nSPS) is 17.8. The second-order valence-corrected chi connectivity index (χ2v) is 9.03. The van der Waals surface area contributed by atoms with Gasteiger partial charge in [0.05, 0.1) is 12.4 Å². The summed E-state index contributed by atoms with van der Waals surface area (Å²) in [6.45, 7) is 3.21. The number of hydrogen-bond acceptors (Lipinski definition) is 4. The molecule has 7 heteroatoms. The van der Waals surface area contributed by atoms with Gasteiger partial charge in [-0.3, -0.25) is 4.79 Å². The van der Waals surface area contributed by atoms with Crippen LogP contribution in [0.3, 0.4) is 0 Å². The lowest BCUT2D eigenvalue weighted by Crippen LogP contribution is -2.46. The van der Waals surface area contributed by atoms with Gasteiger partial charge >= 0.3 is 0 Å². The van der Waals surface area contributed by atoms with Crippen molar-refractivity contribution in [2.24, 2.45) is 5.92 Å². The van der Waals surface area contributed by atoms with E-state index in [4.69, 9.17) is 4.74 Å². The topological polar surface area (TPSA) is 75.7 Å². The van der Waals surface area contributed by atoms with Crippen LogP contribution in [-0.4, -0.2) is 57.2 Å². The number of amides is 1. The van der Waals surface area contributed by atoms with Crippen LogP contribution in [0.25, 0.3) is 0 Å². The quantitative estimate of drug-likeness (QED) is 0.707. The molecule has 1 aliphatic heterocycles. The van der Waals surface area contributed by atoms with Gasteiger partial charge in [-0.25, -0.2) is 12.7 Å². The number of hydrogen-bond donors (Lipinski definition) is 1. The molecule has 1 saturated heterocycles. The van der Waals surface area contributed by atoms with Gasteiger partial charge in [-0.2, -0.15) is 0 Å². The lowest BCUT2D eigenvalue weighted by atomic mass is 9.97. The maximum absolute atomic E-state index is 12.5. The van der Waals surface area contributed by atoms with Crippen LogP contribution in [0.2, 0.25) is 0 Å². The molecule has 1 amide bonds. The van der Waals surface area contributed by atoms with E-state index in [0.717, 1.165) is 12.0 Å². The minimum atomic E-state index is -3.25. The molecular formula is C19H30N2O4S. The molecule has 6 nitrogen and oxygen atoms in total. The minimum Gasteiger partial charge on any atom is -0.383 e. The lowest BCUT2D eigenvalue weighted by Gasteiger charge is -2.31. The third-order valence-corrected chi connectivity index (χ3v) is 6.69. The lowest BCUT2D eigenvalue weighted by molar-refractivity contribution is -0.127. The number of aryl methyl sites for hydroxylation is 1. The van der Waals surface area contributed by atoms with E-state index >= 15 is 0 Å². The van der Waals surface area contributed by atoms with E-state index in [1.165, 1.54) is 0 Å². The second-order valence-electron chi connectivity index (χ2n) is 6.94. The number of carbonyl (C=O) groups is 1. The summed E-state index contributed by atoms with van der Waals surface area (Å²) in [6.07, 6.45) is 2.52. The first-order valence-corrected chi connectivity index (χ1v) is 10.8. The van der Waals surface area contributed by atoms with Crippen molar-refractivity contribution in [2.75, 3.05) is 32.6 Å². The first-order valence-electron chi connectivity index (χ1n) is 9.23. The SMILES string of the molecule is COCC(C)NC(=O)C1CCN(S(=O)(=O)CCCc2ccccc2)CC1. The molecule has 0 saturated carbocycles. The molecule has 0 aromatic heterocycles. The van der Waals surface area contributed by atoms with E-state index in [9.17, 15) is 13.2 Å². The summed E-state index contributed by atoms with van der Waals surface area (Å²) in [5.41, 5.74) is 1.16. The summed E-state index contributed by atoms with van der Waals surface area (Å²) in [7, 11) is -1.65. The van der Waals surface area contributed by atoms with Crippen LogP contribution in [0.5, 0.6) is 0 Å². The molecule has 0 aliphatic carbocycles. The van der Waals surface area contributed by atoms with Crippen LogP contribution in [-0.2, 0) is 26.0 Å². The van der Waals surface area contributed by atoms with E-state index < -0.39 is 10.0 Å². The summed E-state index contributed by atoms with van der Waals surface area (Å²) in [5, 5.41) is 2.92. The molecule has 1 unspecified atom stereocenters. The average molecular weight is 383 g/mol. The fourth-order valence-electron chi connectivity index (χ4n) is 3.28. The van der Waals surface area contributed by atoms with Crippen LogP contribution >= 0.6 is 0 Å². The van der Waals surface area contributed by atoms with Gasteiger partial charge in [0, 0.05) is 32.2 Å². The van der Waals surface area contributed by atoms with Crippen molar-refractivity contribution in [3.63, 3.8) is 0 Å². The molecule has 1 heterocycles. The van der Waals surface area contributed by atoms with Crippen LogP contribution in [0.15, 0.2) is 30.3 Å². The van der Waals surface area contributed by atoms with Crippen LogP contribution in [0.4, 0.5) is 0 Å². The Morgan fingerprint density at radius 1 is 1.27 bits per heavy atom. The standard InChI is InChI=1S/C19H30N2O4S/c1-16(15-25-2)20-19(22)18-10-12-21(13-11-18)26(23,24)14-6-9-17-7-4-3-5-8-17/h3-5,7-8,16,18H,6,9-15H2,1-2H3,(H,20,22). The summed E-state index contributed by atoms with van der Waals surface area (Å²) in [5.74, 6) is 0.0321. The molecule has 1 aromatic carbocycles. The Hall–Kier alpha value is -1.44. The second kappa shape index (κ2) is 10.0. The Bertz CT molecular complexity index is 655. The highest BCUT2D eigenvalue weighted by Crippen LogP contribution is 2.21. The predicted molar refractivity (Wildman–Crippen MR) is 102 cm³/mol.